The Hall–Kier alpha value is -2.56. The van der Waals surface area contributed by atoms with Crippen LogP contribution in [0.25, 0.3) is 17.0 Å². The van der Waals surface area contributed by atoms with E-state index in [4.69, 9.17) is 10.2 Å². The number of nitrogens with two attached hydrogens (primary N) is 1. The molecule has 1 aliphatic rings. The maximum Gasteiger partial charge on any atom is 0.246 e. The predicted molar refractivity (Wildman–Crippen MR) is 88.5 cm³/mol. The number of para-hydroxylation sites is 1. The van der Waals surface area contributed by atoms with Gasteiger partial charge in [0.05, 0.1) is 5.92 Å². The summed E-state index contributed by atoms with van der Waals surface area (Å²) >= 11 is 0. The molecule has 2 heterocycles. The van der Waals surface area contributed by atoms with Gasteiger partial charge in [-0.2, -0.15) is 0 Å². The molecule has 2 amide bonds. The van der Waals surface area contributed by atoms with Crippen molar-refractivity contribution in [3.05, 3.63) is 41.7 Å². The molecule has 1 saturated heterocycles. The van der Waals surface area contributed by atoms with Gasteiger partial charge in [-0.3, -0.25) is 9.59 Å². The maximum absolute atomic E-state index is 12.3. The van der Waals surface area contributed by atoms with Crippen LogP contribution < -0.4 is 5.73 Å². The first kappa shape index (κ1) is 15.3. The second-order valence-electron chi connectivity index (χ2n) is 5.79. The van der Waals surface area contributed by atoms with E-state index in [1.165, 1.54) is 0 Å². The lowest BCUT2D eigenvalue weighted by molar-refractivity contribution is -0.125. The van der Waals surface area contributed by atoms with E-state index in [0.717, 1.165) is 28.7 Å². The zero-order valence-electron chi connectivity index (χ0n) is 13.1. The van der Waals surface area contributed by atoms with Gasteiger partial charge in [0.25, 0.3) is 0 Å². The number of primary amides is 1. The number of hydrogen-bond donors (Lipinski definition) is 1. The van der Waals surface area contributed by atoms with Crippen LogP contribution in [0.3, 0.4) is 0 Å². The number of fused-ring (bicyclic) bond motifs is 1. The molecule has 5 nitrogen and oxygen atoms in total. The predicted octanol–water partition coefficient (Wildman–Crippen LogP) is 2.34. The molecule has 1 aromatic heterocycles. The number of hydrogen-bond acceptors (Lipinski definition) is 3. The van der Waals surface area contributed by atoms with E-state index < -0.39 is 0 Å². The smallest absolute Gasteiger partial charge is 0.246 e. The molecule has 0 spiro atoms. The number of rotatable bonds is 4. The Bertz CT molecular complexity index is 776. The monoisotopic (exact) mass is 312 g/mol. The lowest BCUT2D eigenvalue weighted by atomic mass is 10.1. The van der Waals surface area contributed by atoms with E-state index in [1.807, 2.05) is 37.3 Å². The number of likely N-dealkylation sites (tertiary alicyclic amines) is 1. The van der Waals surface area contributed by atoms with Crippen molar-refractivity contribution in [2.45, 2.75) is 19.8 Å². The highest BCUT2D eigenvalue weighted by atomic mass is 16.3. The summed E-state index contributed by atoms with van der Waals surface area (Å²) in [5, 5.41) is 1.00. The second kappa shape index (κ2) is 6.28. The van der Waals surface area contributed by atoms with Crippen LogP contribution in [-0.4, -0.2) is 29.8 Å². The van der Waals surface area contributed by atoms with Crippen molar-refractivity contribution >= 4 is 28.9 Å². The van der Waals surface area contributed by atoms with Crippen LogP contribution in [0.2, 0.25) is 0 Å². The zero-order chi connectivity index (χ0) is 16.4. The van der Waals surface area contributed by atoms with Crippen LogP contribution in [0.15, 0.2) is 34.8 Å². The molecule has 1 aliphatic heterocycles. The minimum atomic E-state index is -0.335. The molecular formula is C18H20N2O3. The number of benzene rings is 1. The standard InChI is InChI=1S/C18H20N2O3/c1-2-15-14(13-5-3-4-6-16(13)23-15)7-8-17(21)20-10-9-12(11-20)18(19)22/h3-8,12H,2,9-11H2,1H3,(H2,19,22)/b8-7-/t12-/m0/s1. The summed E-state index contributed by atoms with van der Waals surface area (Å²) in [6.07, 6.45) is 4.77. The average molecular weight is 312 g/mol. The van der Waals surface area contributed by atoms with E-state index in [1.54, 1.807) is 11.0 Å². The second-order valence-corrected chi connectivity index (χ2v) is 5.79. The molecule has 5 heteroatoms. The maximum atomic E-state index is 12.3. The molecule has 1 atom stereocenters. The van der Waals surface area contributed by atoms with Crippen molar-refractivity contribution in [1.82, 2.24) is 4.90 Å². The Morgan fingerprint density at radius 2 is 2.17 bits per heavy atom. The van der Waals surface area contributed by atoms with Gasteiger partial charge in [-0.1, -0.05) is 25.1 Å². The molecule has 2 N–H and O–H groups in total. The van der Waals surface area contributed by atoms with Crippen molar-refractivity contribution < 1.29 is 14.0 Å². The van der Waals surface area contributed by atoms with E-state index in [9.17, 15) is 9.59 Å². The zero-order valence-corrected chi connectivity index (χ0v) is 13.1. The van der Waals surface area contributed by atoms with Gasteiger partial charge in [0.15, 0.2) is 0 Å². The van der Waals surface area contributed by atoms with Gasteiger partial charge in [-0.25, -0.2) is 0 Å². The number of amides is 2. The van der Waals surface area contributed by atoms with Gasteiger partial charge in [0.1, 0.15) is 11.3 Å². The van der Waals surface area contributed by atoms with Crippen LogP contribution in [0.5, 0.6) is 0 Å². The van der Waals surface area contributed by atoms with Gasteiger partial charge in [0.2, 0.25) is 11.8 Å². The molecule has 120 valence electrons. The lowest BCUT2D eigenvalue weighted by Gasteiger charge is -2.13. The third-order valence-corrected chi connectivity index (χ3v) is 4.33. The number of nitrogens with zero attached hydrogens (tertiary/aromatic N) is 1. The summed E-state index contributed by atoms with van der Waals surface area (Å²) < 4.78 is 5.82. The molecule has 0 saturated carbocycles. The Kier molecular flexibility index (Phi) is 4.19. The van der Waals surface area contributed by atoms with Gasteiger partial charge < -0.3 is 15.1 Å². The Labute approximate surface area is 134 Å². The summed E-state index contributed by atoms with van der Waals surface area (Å²) in [5.74, 6) is 0.208. The largest absolute Gasteiger partial charge is 0.460 e. The van der Waals surface area contributed by atoms with E-state index >= 15 is 0 Å². The summed E-state index contributed by atoms with van der Waals surface area (Å²) in [6, 6.07) is 7.79. The van der Waals surface area contributed by atoms with E-state index in [2.05, 4.69) is 0 Å². The van der Waals surface area contributed by atoms with E-state index in [-0.39, 0.29) is 17.7 Å². The number of aryl methyl sites for hydroxylation is 1. The average Bonchev–Trinajstić information content (AvgIpc) is 3.17. The molecule has 1 aromatic carbocycles. The first-order valence-corrected chi connectivity index (χ1v) is 7.87. The Balaban J connectivity index is 1.80. The lowest BCUT2D eigenvalue weighted by Crippen LogP contribution is -2.30. The SMILES string of the molecule is CCc1oc2ccccc2c1/C=C\C(=O)N1CC[C@H](C(N)=O)C1. The summed E-state index contributed by atoms with van der Waals surface area (Å²) in [5.41, 5.74) is 7.08. The molecule has 2 aromatic rings. The molecule has 0 radical (unpaired) electrons. The van der Waals surface area contributed by atoms with Gasteiger partial charge >= 0.3 is 0 Å². The Morgan fingerprint density at radius 3 is 2.87 bits per heavy atom. The highest BCUT2D eigenvalue weighted by Gasteiger charge is 2.28. The first-order chi connectivity index (χ1) is 11.1. The molecule has 0 bridgehead atoms. The molecule has 23 heavy (non-hydrogen) atoms. The number of carbonyl (C=O) groups is 2. The fourth-order valence-electron chi connectivity index (χ4n) is 3.01. The Morgan fingerprint density at radius 1 is 1.39 bits per heavy atom. The highest BCUT2D eigenvalue weighted by molar-refractivity contribution is 5.96. The van der Waals surface area contributed by atoms with Crippen molar-refractivity contribution in [1.29, 1.82) is 0 Å². The normalized spacial score (nSPS) is 18.1. The van der Waals surface area contributed by atoms with Crippen LogP contribution in [0, 0.1) is 5.92 Å². The molecule has 0 aliphatic carbocycles. The van der Waals surface area contributed by atoms with Crippen molar-refractivity contribution in [2.75, 3.05) is 13.1 Å². The minimum Gasteiger partial charge on any atom is -0.460 e. The summed E-state index contributed by atoms with van der Waals surface area (Å²) in [6.45, 7) is 3.00. The molecule has 0 unspecified atom stereocenters. The van der Waals surface area contributed by atoms with Gasteiger partial charge in [0, 0.05) is 36.5 Å². The number of carbonyl (C=O) groups excluding carboxylic acids is 2. The van der Waals surface area contributed by atoms with Crippen LogP contribution in [0.4, 0.5) is 0 Å². The van der Waals surface area contributed by atoms with Crippen molar-refractivity contribution in [2.24, 2.45) is 11.7 Å². The first-order valence-electron chi connectivity index (χ1n) is 7.87. The van der Waals surface area contributed by atoms with Gasteiger partial charge in [-0.05, 0) is 18.6 Å². The minimum absolute atomic E-state index is 0.0962. The molecular weight excluding hydrogens is 292 g/mol. The molecule has 1 fully saturated rings. The molecule has 3 rings (SSSR count). The van der Waals surface area contributed by atoms with Crippen LogP contribution >= 0.6 is 0 Å². The van der Waals surface area contributed by atoms with Crippen molar-refractivity contribution in [3.63, 3.8) is 0 Å². The summed E-state index contributed by atoms with van der Waals surface area (Å²) in [7, 11) is 0. The summed E-state index contributed by atoms with van der Waals surface area (Å²) in [4.78, 5) is 25.2. The van der Waals surface area contributed by atoms with Crippen LogP contribution in [0.1, 0.15) is 24.7 Å². The van der Waals surface area contributed by atoms with E-state index in [0.29, 0.717) is 19.5 Å². The fraction of sp³-hybridized carbons (Fsp3) is 0.333. The fourth-order valence-corrected chi connectivity index (χ4v) is 3.01. The number of furan rings is 1. The van der Waals surface area contributed by atoms with Gasteiger partial charge in [-0.15, -0.1) is 0 Å². The topological polar surface area (TPSA) is 76.5 Å². The quantitative estimate of drug-likeness (QED) is 0.880. The highest BCUT2D eigenvalue weighted by Crippen LogP contribution is 2.27. The third-order valence-electron chi connectivity index (χ3n) is 4.33. The third kappa shape index (κ3) is 2.99. The van der Waals surface area contributed by atoms with Crippen LogP contribution in [-0.2, 0) is 16.0 Å². The van der Waals surface area contributed by atoms with Crippen molar-refractivity contribution in [3.8, 4) is 0 Å².